The second-order valence-corrected chi connectivity index (χ2v) is 4.25. The number of carbonyl (C=O) groups excluding carboxylic acids is 1. The predicted molar refractivity (Wildman–Crippen MR) is 58.1 cm³/mol. The molecule has 0 aromatic heterocycles. The first-order chi connectivity index (χ1) is 6.66. The molecule has 1 aliphatic heterocycles. The van der Waals surface area contributed by atoms with Crippen LogP contribution >= 0.6 is 0 Å². The SMILES string of the molecule is CCC(C)N1CCCNCC(C)C1=O. The first kappa shape index (κ1) is 11.5. The summed E-state index contributed by atoms with van der Waals surface area (Å²) in [5, 5.41) is 3.30. The average molecular weight is 198 g/mol. The smallest absolute Gasteiger partial charge is 0.226 e. The number of hydrogen-bond acceptors (Lipinski definition) is 2. The predicted octanol–water partition coefficient (Wildman–Crippen LogP) is 1.24. The molecule has 82 valence electrons. The van der Waals surface area contributed by atoms with Gasteiger partial charge < -0.3 is 10.2 Å². The van der Waals surface area contributed by atoms with Crippen LogP contribution in [0.25, 0.3) is 0 Å². The molecule has 1 fully saturated rings. The number of amides is 1. The van der Waals surface area contributed by atoms with Crippen LogP contribution in [0.2, 0.25) is 0 Å². The van der Waals surface area contributed by atoms with Gasteiger partial charge in [-0.1, -0.05) is 13.8 Å². The molecule has 0 aromatic rings. The van der Waals surface area contributed by atoms with Crippen molar-refractivity contribution >= 4 is 5.91 Å². The van der Waals surface area contributed by atoms with Crippen LogP contribution < -0.4 is 5.32 Å². The fraction of sp³-hybridized carbons (Fsp3) is 0.909. The quantitative estimate of drug-likeness (QED) is 0.724. The zero-order valence-corrected chi connectivity index (χ0v) is 9.55. The van der Waals surface area contributed by atoms with Crippen LogP contribution in [0.5, 0.6) is 0 Å². The maximum absolute atomic E-state index is 12.0. The maximum atomic E-state index is 12.0. The average Bonchev–Trinajstić information content (AvgIpc) is 2.19. The second kappa shape index (κ2) is 5.35. The summed E-state index contributed by atoms with van der Waals surface area (Å²) in [5.74, 6) is 0.441. The summed E-state index contributed by atoms with van der Waals surface area (Å²) in [4.78, 5) is 14.0. The van der Waals surface area contributed by atoms with E-state index in [0.717, 1.165) is 32.5 Å². The summed E-state index contributed by atoms with van der Waals surface area (Å²) in [6.07, 6.45) is 2.12. The molecular formula is C11H22N2O. The van der Waals surface area contributed by atoms with Gasteiger partial charge in [-0.15, -0.1) is 0 Å². The third-order valence-corrected chi connectivity index (χ3v) is 3.03. The molecule has 1 N–H and O–H groups in total. The van der Waals surface area contributed by atoms with Gasteiger partial charge in [-0.05, 0) is 26.3 Å². The van der Waals surface area contributed by atoms with Gasteiger partial charge in [0, 0.05) is 25.0 Å². The van der Waals surface area contributed by atoms with Gasteiger partial charge in [-0.2, -0.15) is 0 Å². The van der Waals surface area contributed by atoms with E-state index >= 15 is 0 Å². The summed E-state index contributed by atoms with van der Waals surface area (Å²) >= 11 is 0. The van der Waals surface area contributed by atoms with Crippen molar-refractivity contribution in [1.82, 2.24) is 10.2 Å². The molecule has 3 heteroatoms. The van der Waals surface area contributed by atoms with Gasteiger partial charge in [0.05, 0.1) is 0 Å². The highest BCUT2D eigenvalue weighted by Gasteiger charge is 2.24. The van der Waals surface area contributed by atoms with E-state index in [2.05, 4.69) is 19.2 Å². The lowest BCUT2D eigenvalue weighted by atomic mass is 10.1. The minimum absolute atomic E-state index is 0.129. The van der Waals surface area contributed by atoms with E-state index < -0.39 is 0 Å². The lowest BCUT2D eigenvalue weighted by Crippen LogP contribution is -2.47. The van der Waals surface area contributed by atoms with Gasteiger partial charge in [0.1, 0.15) is 0 Å². The Morgan fingerprint density at radius 1 is 1.64 bits per heavy atom. The van der Waals surface area contributed by atoms with Gasteiger partial charge in [0.15, 0.2) is 0 Å². The minimum Gasteiger partial charge on any atom is -0.340 e. The van der Waals surface area contributed by atoms with Crippen molar-refractivity contribution in [1.29, 1.82) is 0 Å². The molecule has 1 saturated heterocycles. The molecule has 2 unspecified atom stereocenters. The molecule has 0 aliphatic carbocycles. The zero-order chi connectivity index (χ0) is 10.6. The molecule has 0 bridgehead atoms. The molecule has 1 heterocycles. The van der Waals surface area contributed by atoms with Crippen molar-refractivity contribution in [2.24, 2.45) is 5.92 Å². The number of carbonyl (C=O) groups is 1. The van der Waals surface area contributed by atoms with Crippen molar-refractivity contribution in [2.45, 2.75) is 39.7 Å². The summed E-state index contributed by atoms with van der Waals surface area (Å²) in [6, 6.07) is 0.392. The molecule has 14 heavy (non-hydrogen) atoms. The third-order valence-electron chi connectivity index (χ3n) is 3.03. The molecule has 0 radical (unpaired) electrons. The zero-order valence-electron chi connectivity index (χ0n) is 9.55. The van der Waals surface area contributed by atoms with Gasteiger partial charge in [0.25, 0.3) is 0 Å². The molecule has 0 spiro atoms. The first-order valence-corrected chi connectivity index (χ1v) is 5.68. The molecule has 1 rings (SSSR count). The topological polar surface area (TPSA) is 32.3 Å². The normalized spacial score (nSPS) is 26.9. The van der Waals surface area contributed by atoms with Crippen LogP contribution in [0.15, 0.2) is 0 Å². The van der Waals surface area contributed by atoms with E-state index in [0.29, 0.717) is 11.9 Å². The molecule has 1 aliphatic rings. The van der Waals surface area contributed by atoms with Crippen molar-refractivity contribution in [3.05, 3.63) is 0 Å². The molecule has 0 saturated carbocycles. The van der Waals surface area contributed by atoms with Gasteiger partial charge in [-0.25, -0.2) is 0 Å². The first-order valence-electron chi connectivity index (χ1n) is 5.68. The van der Waals surface area contributed by atoms with Crippen LogP contribution in [0.4, 0.5) is 0 Å². The Morgan fingerprint density at radius 2 is 2.36 bits per heavy atom. The number of nitrogens with one attached hydrogen (secondary N) is 1. The lowest BCUT2D eigenvalue weighted by Gasteiger charge is -2.33. The van der Waals surface area contributed by atoms with E-state index in [-0.39, 0.29) is 5.92 Å². The molecule has 2 atom stereocenters. The van der Waals surface area contributed by atoms with E-state index in [1.54, 1.807) is 0 Å². The molecule has 1 amide bonds. The fourth-order valence-corrected chi connectivity index (χ4v) is 1.83. The fourth-order valence-electron chi connectivity index (χ4n) is 1.83. The van der Waals surface area contributed by atoms with Crippen LogP contribution in [0.3, 0.4) is 0 Å². The van der Waals surface area contributed by atoms with E-state index in [1.165, 1.54) is 0 Å². The standard InChI is InChI=1S/C11H22N2O/c1-4-10(3)13-7-5-6-12-8-9(2)11(13)14/h9-10,12H,4-8H2,1-3H3. The number of nitrogens with zero attached hydrogens (tertiary/aromatic N) is 1. The van der Waals surface area contributed by atoms with E-state index in [4.69, 9.17) is 0 Å². The Morgan fingerprint density at radius 3 is 3.00 bits per heavy atom. The monoisotopic (exact) mass is 198 g/mol. The number of rotatable bonds is 2. The van der Waals surface area contributed by atoms with Crippen LogP contribution in [-0.4, -0.2) is 36.5 Å². The Labute approximate surface area is 86.9 Å². The Bertz CT molecular complexity index is 194. The van der Waals surface area contributed by atoms with Gasteiger partial charge >= 0.3 is 0 Å². The Kier molecular flexibility index (Phi) is 4.39. The minimum atomic E-state index is 0.129. The Balaban J connectivity index is 2.63. The van der Waals surface area contributed by atoms with Crippen LogP contribution in [-0.2, 0) is 4.79 Å². The summed E-state index contributed by atoms with van der Waals surface area (Å²) in [6.45, 7) is 9.05. The van der Waals surface area contributed by atoms with Gasteiger partial charge in [0.2, 0.25) is 5.91 Å². The van der Waals surface area contributed by atoms with E-state index in [1.807, 2.05) is 11.8 Å². The van der Waals surface area contributed by atoms with Crippen molar-refractivity contribution in [2.75, 3.05) is 19.6 Å². The van der Waals surface area contributed by atoms with Crippen molar-refractivity contribution in [3.63, 3.8) is 0 Å². The second-order valence-electron chi connectivity index (χ2n) is 4.25. The molecule has 3 nitrogen and oxygen atoms in total. The van der Waals surface area contributed by atoms with E-state index in [9.17, 15) is 4.79 Å². The molecular weight excluding hydrogens is 176 g/mol. The molecule has 0 aromatic carbocycles. The highest BCUT2D eigenvalue weighted by Crippen LogP contribution is 2.11. The van der Waals surface area contributed by atoms with Crippen molar-refractivity contribution in [3.8, 4) is 0 Å². The summed E-state index contributed by atoms with van der Waals surface area (Å²) in [7, 11) is 0. The highest BCUT2D eigenvalue weighted by atomic mass is 16.2. The van der Waals surface area contributed by atoms with Crippen molar-refractivity contribution < 1.29 is 4.79 Å². The highest BCUT2D eigenvalue weighted by molar-refractivity contribution is 5.79. The van der Waals surface area contributed by atoms with Gasteiger partial charge in [-0.3, -0.25) is 4.79 Å². The maximum Gasteiger partial charge on any atom is 0.226 e. The lowest BCUT2D eigenvalue weighted by molar-refractivity contribution is -0.137. The number of hydrogen-bond donors (Lipinski definition) is 1. The summed E-state index contributed by atoms with van der Waals surface area (Å²) < 4.78 is 0. The third kappa shape index (κ3) is 2.71. The Hall–Kier alpha value is -0.570. The van der Waals surface area contributed by atoms with Crippen LogP contribution in [0.1, 0.15) is 33.6 Å². The largest absolute Gasteiger partial charge is 0.340 e. The summed E-state index contributed by atoms with van der Waals surface area (Å²) in [5.41, 5.74) is 0. The van der Waals surface area contributed by atoms with Crippen LogP contribution in [0, 0.1) is 5.92 Å².